The maximum Gasteiger partial charge on any atom is 0.240 e. The van der Waals surface area contributed by atoms with E-state index in [0.717, 1.165) is 25.7 Å². The first kappa shape index (κ1) is 14.8. The highest BCUT2D eigenvalue weighted by molar-refractivity contribution is 7.89. The fraction of sp³-hybridized carbons (Fsp3) is 0.615. The molecule has 2 atom stereocenters. The van der Waals surface area contributed by atoms with E-state index in [9.17, 15) is 8.42 Å². The van der Waals surface area contributed by atoms with E-state index in [1.165, 1.54) is 24.8 Å². The Morgan fingerprint density at radius 2 is 2.16 bits per heavy atom. The van der Waals surface area contributed by atoms with Crippen LogP contribution in [0.25, 0.3) is 0 Å². The Morgan fingerprint density at radius 1 is 1.42 bits per heavy atom. The third-order valence-electron chi connectivity index (χ3n) is 3.75. The molecule has 0 saturated heterocycles. The number of nitrogens with zero attached hydrogens (tertiary/aromatic N) is 1. The third-order valence-corrected chi connectivity index (χ3v) is 5.44. The first-order valence-electron chi connectivity index (χ1n) is 6.67. The van der Waals surface area contributed by atoms with Crippen molar-refractivity contribution in [1.29, 1.82) is 0 Å². The molecular weight excluding hydrogens is 284 g/mol. The summed E-state index contributed by atoms with van der Waals surface area (Å²) in [6, 6.07) is 2.89. The van der Waals surface area contributed by atoms with Crippen LogP contribution in [-0.2, 0) is 10.0 Å². The van der Waals surface area contributed by atoms with Gasteiger partial charge in [-0.05, 0) is 30.9 Å². The van der Waals surface area contributed by atoms with Crippen molar-refractivity contribution in [3.05, 3.63) is 23.5 Å². The fourth-order valence-electron chi connectivity index (χ4n) is 2.67. The minimum atomic E-state index is -3.50. The molecule has 1 saturated carbocycles. The van der Waals surface area contributed by atoms with Crippen molar-refractivity contribution in [1.82, 2.24) is 9.71 Å². The van der Waals surface area contributed by atoms with E-state index in [-0.39, 0.29) is 16.1 Å². The predicted molar refractivity (Wildman–Crippen MR) is 75.6 cm³/mol. The highest BCUT2D eigenvalue weighted by atomic mass is 35.5. The molecule has 1 N–H and O–H groups in total. The molecule has 1 aliphatic carbocycles. The van der Waals surface area contributed by atoms with Crippen molar-refractivity contribution in [2.75, 3.05) is 0 Å². The summed E-state index contributed by atoms with van der Waals surface area (Å²) in [5.74, 6) is 0.431. The molecule has 1 aromatic heterocycles. The van der Waals surface area contributed by atoms with Gasteiger partial charge in [0.15, 0.2) is 0 Å². The Bertz CT molecular complexity index is 533. The number of sulfonamides is 1. The third kappa shape index (κ3) is 3.68. The van der Waals surface area contributed by atoms with Gasteiger partial charge in [-0.3, -0.25) is 0 Å². The van der Waals surface area contributed by atoms with E-state index in [4.69, 9.17) is 11.6 Å². The maximum absolute atomic E-state index is 12.3. The van der Waals surface area contributed by atoms with Crippen LogP contribution < -0.4 is 4.72 Å². The van der Waals surface area contributed by atoms with Crippen LogP contribution in [0.2, 0.25) is 5.15 Å². The van der Waals surface area contributed by atoms with Gasteiger partial charge in [0.1, 0.15) is 5.15 Å². The molecule has 106 valence electrons. The summed E-state index contributed by atoms with van der Waals surface area (Å²) >= 11 is 5.75. The lowest BCUT2D eigenvalue weighted by Gasteiger charge is -2.31. The minimum Gasteiger partial charge on any atom is -0.244 e. The van der Waals surface area contributed by atoms with Gasteiger partial charge in [0.25, 0.3) is 0 Å². The molecule has 4 nitrogen and oxygen atoms in total. The van der Waals surface area contributed by atoms with Gasteiger partial charge >= 0.3 is 0 Å². The molecule has 0 aliphatic heterocycles. The number of hydrogen-bond donors (Lipinski definition) is 1. The van der Waals surface area contributed by atoms with Crippen LogP contribution in [0, 0.1) is 5.92 Å². The molecule has 0 spiro atoms. The molecule has 2 unspecified atom stereocenters. The van der Waals surface area contributed by atoms with Gasteiger partial charge in [-0.15, -0.1) is 0 Å². The summed E-state index contributed by atoms with van der Waals surface area (Å²) in [5, 5.41) is 0.193. The Balaban J connectivity index is 2.16. The van der Waals surface area contributed by atoms with Crippen LogP contribution in [0.1, 0.15) is 39.0 Å². The Hall–Kier alpha value is -0.650. The Morgan fingerprint density at radius 3 is 2.84 bits per heavy atom. The standard InChI is InChI=1S/C13H19ClN2O2S/c1-2-10-5-3-4-6-12(10)16-19(17,18)11-7-8-15-13(14)9-11/h7-10,12,16H,2-6H2,1H3. The second-order valence-corrected chi connectivity index (χ2v) is 7.10. The van der Waals surface area contributed by atoms with Crippen molar-refractivity contribution < 1.29 is 8.42 Å². The van der Waals surface area contributed by atoms with E-state index >= 15 is 0 Å². The number of pyridine rings is 1. The molecule has 19 heavy (non-hydrogen) atoms. The number of nitrogens with one attached hydrogen (secondary N) is 1. The second kappa shape index (κ2) is 6.20. The highest BCUT2D eigenvalue weighted by Crippen LogP contribution is 2.28. The maximum atomic E-state index is 12.3. The van der Waals surface area contributed by atoms with Gasteiger partial charge in [0.2, 0.25) is 10.0 Å². The smallest absolute Gasteiger partial charge is 0.240 e. The summed E-state index contributed by atoms with van der Waals surface area (Å²) in [5.41, 5.74) is 0. The zero-order valence-corrected chi connectivity index (χ0v) is 12.5. The van der Waals surface area contributed by atoms with Gasteiger partial charge in [-0.1, -0.05) is 37.8 Å². The van der Waals surface area contributed by atoms with Crippen LogP contribution in [0.3, 0.4) is 0 Å². The number of rotatable bonds is 4. The largest absolute Gasteiger partial charge is 0.244 e. The molecule has 0 amide bonds. The summed E-state index contributed by atoms with van der Waals surface area (Å²) in [7, 11) is -3.50. The molecule has 1 aromatic rings. The molecule has 1 heterocycles. The van der Waals surface area contributed by atoms with Gasteiger partial charge in [-0.2, -0.15) is 0 Å². The quantitative estimate of drug-likeness (QED) is 0.870. The zero-order chi connectivity index (χ0) is 13.9. The van der Waals surface area contributed by atoms with Crippen molar-refractivity contribution >= 4 is 21.6 Å². The lowest BCUT2D eigenvalue weighted by Crippen LogP contribution is -2.41. The Labute approximate surface area is 119 Å². The summed E-state index contributed by atoms with van der Waals surface area (Å²) in [4.78, 5) is 3.99. The van der Waals surface area contributed by atoms with Gasteiger partial charge < -0.3 is 0 Å². The van der Waals surface area contributed by atoms with E-state index in [1.807, 2.05) is 0 Å². The average molecular weight is 303 g/mol. The van der Waals surface area contributed by atoms with Gasteiger partial charge in [-0.25, -0.2) is 18.1 Å². The van der Waals surface area contributed by atoms with Crippen LogP contribution in [-0.4, -0.2) is 19.4 Å². The zero-order valence-electron chi connectivity index (χ0n) is 11.0. The SMILES string of the molecule is CCC1CCCCC1NS(=O)(=O)c1ccnc(Cl)c1. The first-order valence-corrected chi connectivity index (χ1v) is 8.53. The van der Waals surface area contributed by atoms with E-state index in [1.54, 1.807) is 0 Å². The van der Waals surface area contributed by atoms with Crippen molar-refractivity contribution in [2.24, 2.45) is 5.92 Å². The molecule has 0 bridgehead atoms. The average Bonchev–Trinajstić information content (AvgIpc) is 2.39. The Kier molecular flexibility index (Phi) is 4.81. The van der Waals surface area contributed by atoms with Crippen LogP contribution in [0.4, 0.5) is 0 Å². The summed E-state index contributed by atoms with van der Waals surface area (Å²) in [6.45, 7) is 2.11. The van der Waals surface area contributed by atoms with Crippen molar-refractivity contribution in [3.8, 4) is 0 Å². The van der Waals surface area contributed by atoms with Gasteiger partial charge in [0.05, 0.1) is 4.90 Å². The summed E-state index contributed by atoms with van der Waals surface area (Å²) < 4.78 is 27.5. The molecule has 2 rings (SSSR count). The highest BCUT2D eigenvalue weighted by Gasteiger charge is 2.28. The fourth-order valence-corrected chi connectivity index (χ4v) is 4.26. The second-order valence-electron chi connectivity index (χ2n) is 4.99. The van der Waals surface area contributed by atoms with Gasteiger partial charge in [0, 0.05) is 12.2 Å². The van der Waals surface area contributed by atoms with E-state index in [0.29, 0.717) is 5.92 Å². The summed E-state index contributed by atoms with van der Waals surface area (Å²) in [6.07, 6.45) is 6.70. The normalized spacial score (nSPS) is 24.3. The number of hydrogen-bond acceptors (Lipinski definition) is 3. The lowest BCUT2D eigenvalue weighted by atomic mass is 9.83. The number of halogens is 1. The molecule has 0 aromatic carbocycles. The van der Waals surface area contributed by atoms with Crippen LogP contribution in [0.15, 0.2) is 23.2 Å². The monoisotopic (exact) mass is 302 g/mol. The van der Waals surface area contributed by atoms with E-state index < -0.39 is 10.0 Å². The van der Waals surface area contributed by atoms with Crippen LogP contribution >= 0.6 is 11.6 Å². The van der Waals surface area contributed by atoms with E-state index in [2.05, 4.69) is 16.6 Å². The molecular formula is C13H19ClN2O2S. The first-order chi connectivity index (χ1) is 9.03. The minimum absolute atomic E-state index is 0.0377. The van der Waals surface area contributed by atoms with Crippen molar-refractivity contribution in [2.45, 2.75) is 50.0 Å². The molecule has 0 radical (unpaired) electrons. The topological polar surface area (TPSA) is 59.1 Å². The molecule has 1 aliphatic rings. The molecule has 1 fully saturated rings. The molecule has 6 heteroatoms. The predicted octanol–water partition coefficient (Wildman–Crippen LogP) is 2.98. The number of aromatic nitrogens is 1. The lowest BCUT2D eigenvalue weighted by molar-refractivity contribution is 0.282. The van der Waals surface area contributed by atoms with Crippen molar-refractivity contribution in [3.63, 3.8) is 0 Å². The van der Waals surface area contributed by atoms with Crippen LogP contribution in [0.5, 0.6) is 0 Å².